The molecule has 0 spiro atoms. The number of rotatable bonds is 2. The topological polar surface area (TPSA) is 66.8 Å². The van der Waals surface area contributed by atoms with Crippen molar-refractivity contribution in [3.8, 4) is 0 Å². The third kappa shape index (κ3) is 1.55. The third-order valence-electron chi connectivity index (χ3n) is 2.21. The van der Waals surface area contributed by atoms with E-state index in [1.54, 1.807) is 0 Å². The van der Waals surface area contributed by atoms with Gasteiger partial charge < -0.3 is 4.52 Å². The van der Waals surface area contributed by atoms with Crippen molar-refractivity contribution in [3.05, 3.63) is 24.0 Å². The molecule has 4 nitrogen and oxygen atoms in total. The summed E-state index contributed by atoms with van der Waals surface area (Å²) in [7, 11) is -4.42. The minimum absolute atomic E-state index is 0.109. The van der Waals surface area contributed by atoms with Gasteiger partial charge in [0, 0.05) is 5.92 Å². The Hall–Kier alpha value is -0.280. The Morgan fingerprint density at radius 1 is 1.69 bits per heavy atom. The molecule has 0 fully saturated rings. The molecule has 0 aromatic rings. The van der Waals surface area contributed by atoms with Crippen LogP contribution in [0.25, 0.3) is 0 Å². The van der Waals surface area contributed by atoms with Crippen LogP contribution >= 0.6 is 19.4 Å². The average Bonchev–Trinajstić information content (AvgIpc) is 2.21. The number of halogens is 1. The van der Waals surface area contributed by atoms with Crippen molar-refractivity contribution in [1.82, 2.24) is 0 Å². The van der Waals surface area contributed by atoms with Crippen LogP contribution in [0.2, 0.25) is 0 Å². The van der Waals surface area contributed by atoms with Crippen molar-refractivity contribution >= 4 is 19.4 Å². The minimum Gasteiger partial charge on any atom is -0.409 e. The molecule has 0 aromatic carbocycles. The monoisotopic (exact) mass is 222 g/mol. The molecule has 0 saturated carbocycles. The van der Waals surface area contributed by atoms with Gasteiger partial charge in [0.1, 0.15) is 5.76 Å². The molecule has 13 heavy (non-hydrogen) atoms. The first-order chi connectivity index (χ1) is 5.91. The Kier molecular flexibility index (Phi) is 1.86. The van der Waals surface area contributed by atoms with E-state index in [-0.39, 0.29) is 5.92 Å². The molecule has 0 aromatic heterocycles. The maximum atomic E-state index is 10.5. The first-order valence-corrected chi connectivity index (χ1v) is 5.66. The van der Waals surface area contributed by atoms with Crippen LogP contribution in [-0.2, 0) is 9.09 Å². The Balaban J connectivity index is 2.12. The van der Waals surface area contributed by atoms with Crippen LogP contribution in [0.15, 0.2) is 24.0 Å². The largest absolute Gasteiger partial charge is 0.524 e. The average molecular weight is 223 g/mol. The molecule has 72 valence electrons. The van der Waals surface area contributed by atoms with Gasteiger partial charge in [-0.15, -0.1) is 11.6 Å². The van der Waals surface area contributed by atoms with Gasteiger partial charge in [0.25, 0.3) is 0 Å². The highest BCUT2D eigenvalue weighted by molar-refractivity contribution is 7.46. The van der Waals surface area contributed by atoms with Crippen LogP contribution in [0.4, 0.5) is 0 Å². The Labute approximate surface area is 80.1 Å². The van der Waals surface area contributed by atoms with Gasteiger partial charge in [0.2, 0.25) is 0 Å². The summed E-state index contributed by atoms with van der Waals surface area (Å²) in [5.41, 5.74) is 0. The van der Waals surface area contributed by atoms with Gasteiger partial charge in [-0.1, -0.05) is 12.2 Å². The number of fused-ring (bicyclic) bond motifs is 1. The molecule has 0 amide bonds. The fourth-order valence-corrected chi connectivity index (χ4v) is 2.46. The highest BCUT2D eigenvalue weighted by atomic mass is 35.5. The number of hydrogen-bond donors (Lipinski definition) is 2. The van der Waals surface area contributed by atoms with Crippen LogP contribution in [0.3, 0.4) is 0 Å². The van der Waals surface area contributed by atoms with Gasteiger partial charge in [-0.25, -0.2) is 4.57 Å². The van der Waals surface area contributed by atoms with Crippen LogP contribution in [-0.4, -0.2) is 14.7 Å². The smallest absolute Gasteiger partial charge is 0.409 e. The summed E-state index contributed by atoms with van der Waals surface area (Å²) in [6.45, 7) is 0. The lowest BCUT2D eigenvalue weighted by molar-refractivity contribution is 0.203. The van der Waals surface area contributed by atoms with Crippen molar-refractivity contribution < 1.29 is 18.9 Å². The molecule has 2 rings (SSSR count). The van der Waals surface area contributed by atoms with E-state index in [0.29, 0.717) is 12.2 Å². The number of allylic oxidation sites excluding steroid dienone is 4. The van der Waals surface area contributed by atoms with Crippen molar-refractivity contribution in [1.29, 1.82) is 0 Å². The van der Waals surface area contributed by atoms with E-state index in [1.807, 2.05) is 12.2 Å². The van der Waals surface area contributed by atoms with Crippen LogP contribution in [0.5, 0.6) is 0 Å². The molecule has 0 saturated heterocycles. The highest BCUT2D eigenvalue weighted by Gasteiger charge is 2.49. The maximum Gasteiger partial charge on any atom is 0.524 e. The molecule has 0 aliphatic heterocycles. The predicted octanol–water partition coefficient (Wildman–Crippen LogP) is 1.55. The standard InChI is InChI=1S/C7H8ClO4P/c8-7-3-1-2-5(7)6(4-7)12-13(9,10)11/h1,3-5H,2H2,(H2,9,10,11). The molecular formula is C7H8ClO4P. The van der Waals surface area contributed by atoms with Crippen molar-refractivity contribution in [2.45, 2.75) is 11.3 Å². The summed E-state index contributed by atoms with van der Waals surface area (Å²) < 4.78 is 15.0. The van der Waals surface area contributed by atoms with Gasteiger partial charge >= 0.3 is 7.82 Å². The summed E-state index contributed by atoms with van der Waals surface area (Å²) in [6, 6.07) is 0. The Morgan fingerprint density at radius 3 is 2.92 bits per heavy atom. The second-order valence-corrected chi connectivity index (χ2v) is 4.96. The second kappa shape index (κ2) is 2.61. The first-order valence-electron chi connectivity index (χ1n) is 3.75. The van der Waals surface area contributed by atoms with E-state index in [2.05, 4.69) is 4.52 Å². The van der Waals surface area contributed by atoms with Crippen molar-refractivity contribution in [3.63, 3.8) is 0 Å². The van der Waals surface area contributed by atoms with E-state index < -0.39 is 12.7 Å². The number of phosphoric ester groups is 1. The summed E-state index contributed by atoms with van der Waals surface area (Å²) in [6.07, 6.45) is 5.90. The molecule has 2 aliphatic carbocycles. The number of hydrogen-bond acceptors (Lipinski definition) is 2. The molecule has 2 aliphatic rings. The summed E-state index contributed by atoms with van der Waals surface area (Å²) >= 11 is 6.03. The van der Waals surface area contributed by atoms with Crippen LogP contribution in [0, 0.1) is 5.92 Å². The van der Waals surface area contributed by atoms with Gasteiger partial charge in [0.15, 0.2) is 0 Å². The molecule has 6 heteroatoms. The Bertz CT molecular complexity index is 344. The van der Waals surface area contributed by atoms with Gasteiger partial charge in [-0.3, -0.25) is 9.79 Å². The van der Waals surface area contributed by atoms with E-state index >= 15 is 0 Å². The zero-order valence-electron chi connectivity index (χ0n) is 6.55. The molecular weight excluding hydrogens is 214 g/mol. The van der Waals surface area contributed by atoms with E-state index in [4.69, 9.17) is 21.4 Å². The third-order valence-corrected chi connectivity index (χ3v) is 3.16. The molecule has 2 unspecified atom stereocenters. The lowest BCUT2D eigenvalue weighted by Crippen LogP contribution is -2.35. The summed E-state index contributed by atoms with van der Waals surface area (Å²) in [5, 5.41) is 0. The van der Waals surface area contributed by atoms with Crippen molar-refractivity contribution in [2.24, 2.45) is 5.92 Å². The lowest BCUT2D eigenvalue weighted by atomic mass is 9.82. The molecule has 0 bridgehead atoms. The van der Waals surface area contributed by atoms with Crippen molar-refractivity contribution in [2.75, 3.05) is 0 Å². The summed E-state index contributed by atoms with van der Waals surface area (Å²) in [4.78, 5) is 16.5. The van der Waals surface area contributed by atoms with Crippen LogP contribution < -0.4 is 0 Å². The Morgan fingerprint density at radius 2 is 2.38 bits per heavy atom. The zero-order valence-corrected chi connectivity index (χ0v) is 8.20. The van der Waals surface area contributed by atoms with E-state index in [9.17, 15) is 4.57 Å². The quantitative estimate of drug-likeness (QED) is 0.423. The van der Waals surface area contributed by atoms with Gasteiger partial charge in [0.05, 0.1) is 4.87 Å². The van der Waals surface area contributed by atoms with Gasteiger partial charge in [-0.05, 0) is 12.5 Å². The molecule has 2 atom stereocenters. The van der Waals surface area contributed by atoms with E-state index in [1.165, 1.54) is 6.08 Å². The minimum atomic E-state index is -4.42. The fourth-order valence-electron chi connectivity index (χ4n) is 1.61. The van der Waals surface area contributed by atoms with Gasteiger partial charge in [-0.2, -0.15) is 0 Å². The molecule has 0 heterocycles. The first kappa shape index (κ1) is 9.28. The highest BCUT2D eigenvalue weighted by Crippen LogP contribution is 2.54. The summed E-state index contributed by atoms with van der Waals surface area (Å²) in [5.74, 6) is 0.190. The normalized spacial score (nSPS) is 36.5. The van der Waals surface area contributed by atoms with E-state index in [0.717, 1.165) is 0 Å². The number of phosphoric acid groups is 1. The second-order valence-electron chi connectivity index (χ2n) is 3.15. The molecule has 2 N–H and O–H groups in total. The fraction of sp³-hybridized carbons (Fsp3) is 0.429. The lowest BCUT2D eigenvalue weighted by Gasteiger charge is -2.36. The number of alkyl halides is 1. The SMILES string of the molecule is O=P(O)(O)OC1=CC2(Cl)C=CCC12. The predicted molar refractivity (Wildman–Crippen MR) is 47.0 cm³/mol. The molecule has 0 radical (unpaired) electrons. The zero-order chi connectivity index (χ0) is 9.69. The van der Waals surface area contributed by atoms with Crippen LogP contribution in [0.1, 0.15) is 6.42 Å². The maximum absolute atomic E-state index is 10.5.